The zero-order valence-corrected chi connectivity index (χ0v) is 19.7. The first kappa shape index (κ1) is 26.1. The molecule has 1 amide bonds. The Morgan fingerprint density at radius 3 is 2.41 bits per heavy atom. The van der Waals surface area contributed by atoms with Gasteiger partial charge < -0.3 is 14.6 Å². The number of imidazole rings is 1. The van der Waals surface area contributed by atoms with Crippen molar-refractivity contribution in [2.24, 2.45) is 0 Å². The van der Waals surface area contributed by atoms with Gasteiger partial charge in [-0.25, -0.2) is 14.5 Å². The fourth-order valence-corrected chi connectivity index (χ4v) is 4.22. The van der Waals surface area contributed by atoms with Gasteiger partial charge in [0, 0.05) is 29.1 Å². The number of hydrogen-bond donors (Lipinski definition) is 2. The Kier molecular flexibility index (Phi) is 6.07. The number of tetrazole rings is 1. The first-order chi connectivity index (χ1) is 18.3. The first-order valence-electron chi connectivity index (χ1n) is 11.2. The standard InChI is InChI=1S/C23H16F7N7O2/c1-11-31-18(22(25,26)27)10-37(11)17-5-2-12(8-14(17)19-33-35-36-34-19)32-20(38)21(6-7-21)15-4-3-13(9-16(15)24)39-23(28,29)30/h2-5,8-10H,6-7H2,1H3,(H,32,38)(H,33,34,35,36). The lowest BCUT2D eigenvalue weighted by Crippen LogP contribution is -2.29. The molecule has 4 aromatic rings. The van der Waals surface area contributed by atoms with Gasteiger partial charge in [0.05, 0.1) is 11.1 Å². The molecule has 39 heavy (non-hydrogen) atoms. The van der Waals surface area contributed by atoms with E-state index in [0.29, 0.717) is 6.07 Å². The van der Waals surface area contributed by atoms with Crippen LogP contribution in [0.1, 0.15) is 29.9 Å². The van der Waals surface area contributed by atoms with Crippen LogP contribution in [0.25, 0.3) is 17.1 Å². The number of nitrogens with one attached hydrogen (secondary N) is 2. The van der Waals surface area contributed by atoms with Gasteiger partial charge in [0.15, 0.2) is 11.5 Å². The normalized spacial score (nSPS) is 14.8. The predicted molar refractivity (Wildman–Crippen MR) is 119 cm³/mol. The molecule has 5 rings (SSSR count). The summed E-state index contributed by atoms with van der Waals surface area (Å²) in [5, 5.41) is 15.9. The van der Waals surface area contributed by atoms with Crippen molar-refractivity contribution in [3.63, 3.8) is 0 Å². The molecule has 0 unspecified atom stereocenters. The molecule has 2 heterocycles. The molecule has 0 bridgehead atoms. The number of alkyl halides is 6. The summed E-state index contributed by atoms with van der Waals surface area (Å²) < 4.78 is 96.7. The van der Waals surface area contributed by atoms with E-state index in [-0.39, 0.29) is 47.0 Å². The number of carbonyl (C=O) groups excluding carboxylic acids is 1. The van der Waals surface area contributed by atoms with E-state index in [1.165, 1.54) is 29.7 Å². The van der Waals surface area contributed by atoms with Crippen molar-refractivity contribution in [2.75, 3.05) is 5.32 Å². The van der Waals surface area contributed by atoms with Crippen LogP contribution in [-0.4, -0.2) is 42.4 Å². The number of H-pyrrole nitrogens is 1. The first-order valence-corrected chi connectivity index (χ1v) is 11.2. The van der Waals surface area contributed by atoms with E-state index in [1.807, 2.05) is 0 Å². The van der Waals surface area contributed by atoms with E-state index < -0.39 is 41.1 Å². The third-order valence-corrected chi connectivity index (χ3v) is 6.16. The third-order valence-electron chi connectivity index (χ3n) is 6.16. The summed E-state index contributed by atoms with van der Waals surface area (Å²) in [6, 6.07) is 6.80. The average molecular weight is 555 g/mol. The summed E-state index contributed by atoms with van der Waals surface area (Å²) in [7, 11) is 0. The molecule has 0 saturated heterocycles. The maximum absolute atomic E-state index is 14.7. The Morgan fingerprint density at radius 1 is 1.10 bits per heavy atom. The van der Waals surface area contributed by atoms with Crippen LogP contribution in [0.15, 0.2) is 42.6 Å². The van der Waals surface area contributed by atoms with Crippen molar-refractivity contribution in [3.8, 4) is 22.8 Å². The summed E-state index contributed by atoms with van der Waals surface area (Å²) in [4.78, 5) is 16.8. The summed E-state index contributed by atoms with van der Waals surface area (Å²) in [6.45, 7) is 1.38. The van der Waals surface area contributed by atoms with E-state index in [0.717, 1.165) is 18.3 Å². The van der Waals surface area contributed by atoms with Crippen LogP contribution in [0.5, 0.6) is 5.75 Å². The Labute approximate surface area is 214 Å². The summed E-state index contributed by atoms with van der Waals surface area (Å²) in [5.74, 6) is -2.32. The predicted octanol–water partition coefficient (Wildman–Crippen LogP) is 5.09. The van der Waals surface area contributed by atoms with Crippen molar-refractivity contribution in [3.05, 3.63) is 65.5 Å². The number of rotatable bonds is 6. The van der Waals surface area contributed by atoms with Crippen molar-refractivity contribution in [1.29, 1.82) is 0 Å². The smallest absolute Gasteiger partial charge is 0.406 e. The number of anilines is 1. The fourth-order valence-electron chi connectivity index (χ4n) is 4.22. The van der Waals surface area contributed by atoms with Gasteiger partial charge in [0.25, 0.3) is 0 Å². The molecule has 1 aliphatic rings. The molecule has 1 fully saturated rings. The van der Waals surface area contributed by atoms with Gasteiger partial charge in [0.1, 0.15) is 17.4 Å². The highest BCUT2D eigenvalue weighted by molar-refractivity contribution is 6.02. The minimum Gasteiger partial charge on any atom is -0.406 e. The number of hydrogen-bond acceptors (Lipinski definition) is 6. The Bertz CT molecular complexity index is 1540. The molecule has 0 radical (unpaired) electrons. The van der Waals surface area contributed by atoms with E-state index in [2.05, 4.69) is 35.7 Å². The van der Waals surface area contributed by atoms with E-state index in [4.69, 9.17) is 0 Å². The SMILES string of the molecule is Cc1nc(C(F)(F)F)cn1-c1ccc(NC(=O)C2(c3ccc(OC(F)(F)F)cc3F)CC2)cc1-c1nnn[nH]1. The summed E-state index contributed by atoms with van der Waals surface area (Å²) in [6.07, 6.45) is -8.40. The van der Waals surface area contributed by atoms with Crippen molar-refractivity contribution in [2.45, 2.75) is 37.7 Å². The molecule has 2 N–H and O–H groups in total. The van der Waals surface area contributed by atoms with Gasteiger partial charge in [-0.2, -0.15) is 13.2 Å². The highest BCUT2D eigenvalue weighted by atomic mass is 19.4. The molecule has 2 aromatic carbocycles. The van der Waals surface area contributed by atoms with Crippen molar-refractivity contribution in [1.82, 2.24) is 30.2 Å². The summed E-state index contributed by atoms with van der Waals surface area (Å²) in [5.41, 5.74) is -1.90. The van der Waals surface area contributed by atoms with E-state index >= 15 is 0 Å². The van der Waals surface area contributed by atoms with Crippen molar-refractivity contribution >= 4 is 11.6 Å². The van der Waals surface area contributed by atoms with Crippen LogP contribution >= 0.6 is 0 Å². The van der Waals surface area contributed by atoms with Crippen LogP contribution < -0.4 is 10.1 Å². The zero-order chi connectivity index (χ0) is 28.2. The topological polar surface area (TPSA) is 111 Å². The fraction of sp³-hybridized carbons (Fsp3) is 0.261. The molecular weight excluding hydrogens is 539 g/mol. The maximum Gasteiger partial charge on any atom is 0.573 e. The molecule has 9 nitrogen and oxygen atoms in total. The van der Waals surface area contributed by atoms with Crippen LogP contribution in [-0.2, 0) is 16.4 Å². The van der Waals surface area contributed by atoms with Crippen LogP contribution in [0, 0.1) is 12.7 Å². The molecule has 1 saturated carbocycles. The molecule has 0 aliphatic heterocycles. The Hall–Kier alpha value is -4.50. The number of amides is 1. The molecule has 1 aliphatic carbocycles. The molecule has 204 valence electrons. The van der Waals surface area contributed by atoms with Crippen molar-refractivity contribution < 1.29 is 40.3 Å². The lowest BCUT2D eigenvalue weighted by Gasteiger charge is -2.18. The molecular formula is C23H16F7N7O2. The highest BCUT2D eigenvalue weighted by Crippen LogP contribution is 2.50. The molecule has 0 spiro atoms. The van der Waals surface area contributed by atoms with Gasteiger partial charge in [-0.3, -0.25) is 4.79 Å². The second-order valence-corrected chi connectivity index (χ2v) is 8.75. The monoisotopic (exact) mass is 555 g/mol. The quantitative estimate of drug-likeness (QED) is 0.321. The zero-order valence-electron chi connectivity index (χ0n) is 19.7. The summed E-state index contributed by atoms with van der Waals surface area (Å²) >= 11 is 0. The number of aromatic amines is 1. The number of aryl methyl sites for hydroxylation is 1. The lowest BCUT2D eigenvalue weighted by molar-refractivity contribution is -0.274. The second-order valence-electron chi connectivity index (χ2n) is 8.75. The van der Waals surface area contributed by atoms with E-state index in [9.17, 15) is 35.5 Å². The number of halogens is 7. The molecule has 0 atom stereocenters. The Balaban J connectivity index is 1.45. The maximum atomic E-state index is 14.7. The van der Waals surface area contributed by atoms with Gasteiger partial charge in [-0.1, -0.05) is 6.07 Å². The Morgan fingerprint density at radius 2 is 1.85 bits per heavy atom. The molecule has 16 heteroatoms. The largest absolute Gasteiger partial charge is 0.573 e. The van der Waals surface area contributed by atoms with Crippen LogP contribution in [0.4, 0.5) is 36.4 Å². The number of aromatic nitrogens is 6. The minimum atomic E-state index is -5.00. The number of benzene rings is 2. The van der Waals surface area contributed by atoms with Gasteiger partial charge in [-0.15, -0.1) is 18.3 Å². The second kappa shape index (κ2) is 9.06. The number of nitrogens with zero attached hydrogens (tertiary/aromatic N) is 5. The number of ether oxygens (including phenoxy) is 1. The van der Waals surface area contributed by atoms with Crippen LogP contribution in [0.2, 0.25) is 0 Å². The third kappa shape index (κ3) is 5.13. The average Bonchev–Trinajstić information content (AvgIpc) is 3.26. The van der Waals surface area contributed by atoms with Crippen LogP contribution in [0.3, 0.4) is 0 Å². The lowest BCUT2D eigenvalue weighted by atomic mass is 9.94. The number of carbonyl (C=O) groups is 1. The van der Waals surface area contributed by atoms with Gasteiger partial charge >= 0.3 is 12.5 Å². The van der Waals surface area contributed by atoms with Gasteiger partial charge in [0.2, 0.25) is 5.91 Å². The highest BCUT2D eigenvalue weighted by Gasteiger charge is 2.53. The van der Waals surface area contributed by atoms with E-state index in [1.54, 1.807) is 0 Å². The molecule has 2 aromatic heterocycles. The van der Waals surface area contributed by atoms with Gasteiger partial charge in [-0.05, 0) is 54.5 Å². The minimum absolute atomic E-state index is 0.0261.